The van der Waals surface area contributed by atoms with Gasteiger partial charge in [-0.05, 0) is 18.8 Å². The lowest BCUT2D eigenvalue weighted by Crippen LogP contribution is -2.71. The fourth-order valence-corrected chi connectivity index (χ4v) is 2.98. The predicted molar refractivity (Wildman–Crippen MR) is 80.8 cm³/mol. The summed E-state index contributed by atoms with van der Waals surface area (Å²) >= 11 is 0. The van der Waals surface area contributed by atoms with Crippen LogP contribution in [-0.4, -0.2) is 33.2 Å². The third-order valence-electron chi connectivity index (χ3n) is 4.35. The van der Waals surface area contributed by atoms with E-state index in [-0.39, 0.29) is 17.7 Å². The Labute approximate surface area is 125 Å². The molecule has 6 nitrogen and oxygen atoms in total. The standard InChI is InChI=1S/C15H24N4O2/c1-6-15(7-2)14(21)19(11-8-16-18(5)9-11)12(10(3)4)13(20)17-15/h8-10,12H,6-7H2,1-5H3,(H,17,20). The molecule has 0 bridgehead atoms. The fraction of sp³-hybridized carbons (Fsp3) is 0.667. The van der Waals surface area contributed by atoms with Gasteiger partial charge >= 0.3 is 0 Å². The van der Waals surface area contributed by atoms with Crippen molar-refractivity contribution < 1.29 is 9.59 Å². The van der Waals surface area contributed by atoms with E-state index in [0.29, 0.717) is 18.5 Å². The van der Waals surface area contributed by atoms with E-state index < -0.39 is 11.6 Å². The van der Waals surface area contributed by atoms with Crippen molar-refractivity contribution in [3.63, 3.8) is 0 Å². The largest absolute Gasteiger partial charge is 0.340 e. The Balaban J connectivity index is 2.52. The molecular formula is C15H24N4O2. The second-order valence-electron chi connectivity index (χ2n) is 6.01. The number of anilines is 1. The zero-order valence-electron chi connectivity index (χ0n) is 13.4. The number of nitrogens with one attached hydrogen (secondary N) is 1. The van der Waals surface area contributed by atoms with E-state index in [9.17, 15) is 9.59 Å². The van der Waals surface area contributed by atoms with Gasteiger partial charge in [0.2, 0.25) is 5.91 Å². The van der Waals surface area contributed by atoms with Gasteiger partial charge in [0, 0.05) is 13.2 Å². The second-order valence-corrected chi connectivity index (χ2v) is 6.01. The van der Waals surface area contributed by atoms with Crippen LogP contribution in [0.25, 0.3) is 0 Å². The predicted octanol–water partition coefficient (Wildman–Crippen LogP) is 1.47. The van der Waals surface area contributed by atoms with Crippen molar-refractivity contribution in [2.45, 2.75) is 52.1 Å². The van der Waals surface area contributed by atoms with E-state index >= 15 is 0 Å². The minimum Gasteiger partial charge on any atom is -0.340 e. The van der Waals surface area contributed by atoms with Gasteiger partial charge in [-0.3, -0.25) is 19.2 Å². The number of rotatable bonds is 4. The van der Waals surface area contributed by atoms with Crippen molar-refractivity contribution in [2.24, 2.45) is 13.0 Å². The molecule has 116 valence electrons. The lowest BCUT2D eigenvalue weighted by atomic mass is 9.84. The Hall–Kier alpha value is -1.85. The number of aryl methyl sites for hydroxylation is 1. The van der Waals surface area contributed by atoms with Crippen LogP contribution in [0.4, 0.5) is 5.69 Å². The minimum atomic E-state index is -0.807. The van der Waals surface area contributed by atoms with Crippen LogP contribution in [0, 0.1) is 5.92 Å². The molecule has 0 spiro atoms. The number of hydrogen-bond donors (Lipinski definition) is 1. The van der Waals surface area contributed by atoms with E-state index in [0.717, 1.165) is 0 Å². The summed E-state index contributed by atoms with van der Waals surface area (Å²) in [6, 6.07) is -0.493. The van der Waals surface area contributed by atoms with Gasteiger partial charge < -0.3 is 5.32 Å². The number of aromatic nitrogens is 2. The summed E-state index contributed by atoms with van der Waals surface area (Å²) in [4.78, 5) is 27.3. The maximum Gasteiger partial charge on any atom is 0.253 e. The maximum absolute atomic E-state index is 13.1. The van der Waals surface area contributed by atoms with Crippen LogP contribution in [-0.2, 0) is 16.6 Å². The fourth-order valence-electron chi connectivity index (χ4n) is 2.98. The van der Waals surface area contributed by atoms with Gasteiger partial charge in [0.05, 0.1) is 11.9 Å². The molecule has 1 aromatic heterocycles. The first-order chi connectivity index (χ1) is 9.86. The molecule has 0 saturated carbocycles. The van der Waals surface area contributed by atoms with Crippen LogP contribution in [0.2, 0.25) is 0 Å². The summed E-state index contributed by atoms with van der Waals surface area (Å²) in [5.74, 6) is -0.100. The number of amides is 2. The van der Waals surface area contributed by atoms with E-state index in [2.05, 4.69) is 10.4 Å². The summed E-state index contributed by atoms with van der Waals surface area (Å²) in [5, 5.41) is 7.10. The highest BCUT2D eigenvalue weighted by Crippen LogP contribution is 2.31. The quantitative estimate of drug-likeness (QED) is 0.913. The Morgan fingerprint density at radius 3 is 2.38 bits per heavy atom. The molecule has 6 heteroatoms. The monoisotopic (exact) mass is 292 g/mol. The van der Waals surface area contributed by atoms with Crippen LogP contribution < -0.4 is 10.2 Å². The molecule has 2 heterocycles. The van der Waals surface area contributed by atoms with Crippen molar-refractivity contribution in [1.82, 2.24) is 15.1 Å². The first kappa shape index (κ1) is 15.5. The van der Waals surface area contributed by atoms with E-state index in [1.165, 1.54) is 0 Å². The topological polar surface area (TPSA) is 67.2 Å². The SMILES string of the molecule is CCC1(CC)NC(=O)C(C(C)C)N(c2cnn(C)c2)C1=O. The molecule has 0 aromatic carbocycles. The summed E-state index contributed by atoms with van der Waals surface area (Å²) in [6.45, 7) is 7.76. The molecule has 21 heavy (non-hydrogen) atoms. The van der Waals surface area contributed by atoms with Gasteiger partial charge in [-0.25, -0.2) is 0 Å². The van der Waals surface area contributed by atoms with Gasteiger partial charge in [-0.15, -0.1) is 0 Å². The molecule has 1 atom stereocenters. The van der Waals surface area contributed by atoms with Crippen LogP contribution in [0.5, 0.6) is 0 Å². The maximum atomic E-state index is 13.1. The van der Waals surface area contributed by atoms with Gasteiger partial charge in [-0.2, -0.15) is 5.10 Å². The van der Waals surface area contributed by atoms with Crippen molar-refractivity contribution >= 4 is 17.5 Å². The third-order valence-corrected chi connectivity index (χ3v) is 4.35. The Morgan fingerprint density at radius 2 is 1.95 bits per heavy atom. The molecule has 1 saturated heterocycles. The normalized spacial score (nSPS) is 21.8. The van der Waals surface area contributed by atoms with Crippen molar-refractivity contribution in [2.75, 3.05) is 4.90 Å². The first-order valence-electron chi connectivity index (χ1n) is 7.50. The number of nitrogens with zero attached hydrogens (tertiary/aromatic N) is 3. The third kappa shape index (κ3) is 2.43. The Kier molecular flexibility index (Phi) is 4.07. The molecule has 1 N–H and O–H groups in total. The zero-order chi connectivity index (χ0) is 15.8. The second kappa shape index (κ2) is 5.50. The molecule has 2 amide bonds. The van der Waals surface area contributed by atoms with Crippen molar-refractivity contribution in [3.8, 4) is 0 Å². The first-order valence-corrected chi connectivity index (χ1v) is 7.50. The number of piperazine rings is 1. The number of carbonyl (C=O) groups is 2. The molecular weight excluding hydrogens is 268 g/mol. The summed E-state index contributed by atoms with van der Waals surface area (Å²) in [5.41, 5.74) is -0.125. The highest BCUT2D eigenvalue weighted by molar-refractivity contribution is 6.10. The summed E-state index contributed by atoms with van der Waals surface area (Å²) < 4.78 is 1.64. The highest BCUT2D eigenvalue weighted by Gasteiger charge is 2.50. The van der Waals surface area contributed by atoms with Gasteiger partial charge in [-0.1, -0.05) is 27.7 Å². The van der Waals surface area contributed by atoms with Crippen LogP contribution in [0.1, 0.15) is 40.5 Å². The van der Waals surface area contributed by atoms with E-state index in [1.807, 2.05) is 27.7 Å². The van der Waals surface area contributed by atoms with Crippen molar-refractivity contribution in [1.29, 1.82) is 0 Å². The summed E-state index contributed by atoms with van der Waals surface area (Å²) in [6.07, 6.45) is 4.58. The molecule has 1 aliphatic heterocycles. The molecule has 0 aliphatic carbocycles. The minimum absolute atomic E-state index is 0.0286. The molecule has 2 rings (SSSR count). The molecule has 1 aliphatic rings. The highest BCUT2D eigenvalue weighted by atomic mass is 16.2. The Morgan fingerprint density at radius 1 is 1.33 bits per heavy atom. The van der Waals surface area contributed by atoms with Gasteiger partial charge in [0.1, 0.15) is 11.6 Å². The summed E-state index contributed by atoms with van der Waals surface area (Å²) in [7, 11) is 1.80. The lowest BCUT2D eigenvalue weighted by molar-refractivity contribution is -0.139. The molecule has 1 unspecified atom stereocenters. The average Bonchev–Trinajstić information content (AvgIpc) is 2.86. The number of carbonyl (C=O) groups excluding carboxylic acids is 2. The van der Waals surface area contributed by atoms with Crippen LogP contribution in [0.3, 0.4) is 0 Å². The van der Waals surface area contributed by atoms with Crippen LogP contribution >= 0.6 is 0 Å². The molecule has 1 fully saturated rings. The number of hydrogen-bond acceptors (Lipinski definition) is 3. The Bertz CT molecular complexity index is 546. The molecule has 0 radical (unpaired) electrons. The average molecular weight is 292 g/mol. The van der Waals surface area contributed by atoms with Gasteiger partial charge in [0.15, 0.2) is 0 Å². The smallest absolute Gasteiger partial charge is 0.253 e. The van der Waals surface area contributed by atoms with Gasteiger partial charge in [0.25, 0.3) is 5.91 Å². The molecule has 1 aromatic rings. The van der Waals surface area contributed by atoms with Crippen molar-refractivity contribution in [3.05, 3.63) is 12.4 Å². The lowest BCUT2D eigenvalue weighted by Gasteiger charge is -2.46. The zero-order valence-corrected chi connectivity index (χ0v) is 13.4. The van der Waals surface area contributed by atoms with Crippen LogP contribution in [0.15, 0.2) is 12.4 Å². The van der Waals surface area contributed by atoms with E-state index in [4.69, 9.17) is 0 Å². The van der Waals surface area contributed by atoms with E-state index in [1.54, 1.807) is 29.0 Å².